The summed E-state index contributed by atoms with van der Waals surface area (Å²) in [5.74, 6) is 1.03. The predicted octanol–water partition coefficient (Wildman–Crippen LogP) is 5.62. The Balaban J connectivity index is 1.67. The smallest absolute Gasteiger partial charge is 0.267 e. The number of hydrogen-bond donors (Lipinski definition) is 0. The van der Waals surface area contributed by atoms with Crippen molar-refractivity contribution in [3.63, 3.8) is 0 Å². The predicted molar refractivity (Wildman–Crippen MR) is 132 cm³/mol. The van der Waals surface area contributed by atoms with Crippen molar-refractivity contribution in [3.8, 4) is 22.8 Å². The summed E-state index contributed by atoms with van der Waals surface area (Å²) in [6.45, 7) is 4.13. The summed E-state index contributed by atoms with van der Waals surface area (Å²) in [6, 6.07) is 15.5. The normalized spacial score (nSPS) is 16.1. The van der Waals surface area contributed by atoms with E-state index in [2.05, 4.69) is 16.6 Å². The maximum absolute atomic E-state index is 13.1. The second kappa shape index (κ2) is 9.84. The van der Waals surface area contributed by atoms with Gasteiger partial charge in [-0.25, -0.2) is 4.98 Å². The molecule has 0 bridgehead atoms. The van der Waals surface area contributed by atoms with Crippen molar-refractivity contribution in [2.24, 2.45) is 4.99 Å². The number of amidine groups is 1. The van der Waals surface area contributed by atoms with Gasteiger partial charge in [-0.15, -0.1) is 17.9 Å². The molecule has 1 aliphatic heterocycles. The number of hydrogen-bond acceptors (Lipinski definition) is 7. The first-order valence-electron chi connectivity index (χ1n) is 9.77. The standard InChI is InChI=1S/C24H21N3O3S2/c1-4-13-27-22(28)20(14-17-11-8-12-19(29-2)21(17)30-3)32-24(27)26-23-25-18(15-31-23)16-9-6-5-7-10-16/h4-12,14-15H,1,13H2,2-3H3/b20-14-,26-24+. The van der Waals surface area contributed by atoms with Crippen molar-refractivity contribution in [3.05, 3.63) is 77.0 Å². The van der Waals surface area contributed by atoms with Gasteiger partial charge >= 0.3 is 0 Å². The van der Waals surface area contributed by atoms with Crippen LogP contribution in [-0.2, 0) is 4.79 Å². The summed E-state index contributed by atoms with van der Waals surface area (Å²) >= 11 is 2.74. The van der Waals surface area contributed by atoms with Crippen LogP contribution in [0.5, 0.6) is 11.5 Å². The molecule has 2 heterocycles. The van der Waals surface area contributed by atoms with Crippen LogP contribution in [-0.4, -0.2) is 41.7 Å². The van der Waals surface area contributed by atoms with Gasteiger partial charge in [0, 0.05) is 23.1 Å². The van der Waals surface area contributed by atoms with Crippen LogP contribution in [0.15, 0.2) is 76.5 Å². The van der Waals surface area contributed by atoms with Gasteiger partial charge < -0.3 is 9.47 Å². The highest BCUT2D eigenvalue weighted by atomic mass is 32.2. The van der Waals surface area contributed by atoms with Crippen LogP contribution in [0.4, 0.5) is 5.13 Å². The van der Waals surface area contributed by atoms with Crippen molar-refractivity contribution in [2.45, 2.75) is 0 Å². The highest BCUT2D eigenvalue weighted by molar-refractivity contribution is 8.18. The van der Waals surface area contributed by atoms with Gasteiger partial charge in [0.05, 0.1) is 24.8 Å². The number of nitrogens with zero attached hydrogens (tertiary/aromatic N) is 3. The van der Waals surface area contributed by atoms with Crippen molar-refractivity contribution in [2.75, 3.05) is 20.8 Å². The second-order valence-corrected chi connectivity index (χ2v) is 8.52. The number of para-hydroxylation sites is 1. The lowest BCUT2D eigenvalue weighted by molar-refractivity contribution is -0.121. The maximum atomic E-state index is 13.1. The van der Waals surface area contributed by atoms with Gasteiger partial charge in [0.2, 0.25) is 5.13 Å². The van der Waals surface area contributed by atoms with Gasteiger partial charge in [-0.1, -0.05) is 48.5 Å². The van der Waals surface area contributed by atoms with Crippen LogP contribution < -0.4 is 9.47 Å². The molecule has 8 heteroatoms. The van der Waals surface area contributed by atoms with Gasteiger partial charge in [0.25, 0.3) is 5.91 Å². The second-order valence-electron chi connectivity index (χ2n) is 6.67. The molecule has 4 rings (SSSR count). The molecule has 1 aromatic heterocycles. The summed E-state index contributed by atoms with van der Waals surface area (Å²) < 4.78 is 10.9. The van der Waals surface area contributed by atoms with Crippen LogP contribution in [0.1, 0.15) is 5.56 Å². The largest absolute Gasteiger partial charge is 0.493 e. The third kappa shape index (κ3) is 4.46. The van der Waals surface area contributed by atoms with Crippen LogP contribution in [0.3, 0.4) is 0 Å². The van der Waals surface area contributed by atoms with Crippen molar-refractivity contribution in [1.29, 1.82) is 0 Å². The molecule has 1 fully saturated rings. The molecule has 2 aromatic carbocycles. The molecular weight excluding hydrogens is 442 g/mol. The summed E-state index contributed by atoms with van der Waals surface area (Å²) in [5.41, 5.74) is 2.64. The lowest BCUT2D eigenvalue weighted by atomic mass is 10.1. The average Bonchev–Trinajstić information content (AvgIpc) is 3.40. The number of aliphatic imine (C=N–C) groups is 1. The van der Waals surface area contributed by atoms with E-state index < -0.39 is 0 Å². The number of aromatic nitrogens is 1. The fourth-order valence-corrected chi connectivity index (χ4v) is 4.92. The van der Waals surface area contributed by atoms with Crippen LogP contribution in [0.2, 0.25) is 0 Å². The third-order valence-corrected chi connectivity index (χ3v) is 6.41. The first-order chi connectivity index (χ1) is 15.6. The minimum absolute atomic E-state index is 0.140. The monoisotopic (exact) mass is 463 g/mol. The van der Waals surface area contributed by atoms with Gasteiger partial charge in [0.1, 0.15) is 0 Å². The first kappa shape index (κ1) is 21.9. The minimum Gasteiger partial charge on any atom is -0.493 e. The number of ether oxygens (including phenoxy) is 2. The van der Waals surface area contributed by atoms with Crippen molar-refractivity contribution in [1.82, 2.24) is 9.88 Å². The molecule has 0 atom stereocenters. The number of benzene rings is 2. The number of rotatable bonds is 7. The summed E-state index contributed by atoms with van der Waals surface area (Å²) in [6.07, 6.45) is 3.48. The highest BCUT2D eigenvalue weighted by Gasteiger charge is 2.33. The lowest BCUT2D eigenvalue weighted by Gasteiger charge is -2.12. The van der Waals surface area contributed by atoms with E-state index in [-0.39, 0.29) is 5.91 Å². The van der Waals surface area contributed by atoms with E-state index in [9.17, 15) is 4.79 Å². The fraction of sp³-hybridized carbons (Fsp3) is 0.125. The van der Waals surface area contributed by atoms with Crippen molar-refractivity contribution >= 4 is 45.4 Å². The van der Waals surface area contributed by atoms with E-state index in [1.807, 2.05) is 53.9 Å². The average molecular weight is 464 g/mol. The van der Waals surface area contributed by atoms with E-state index in [0.29, 0.717) is 33.2 Å². The molecule has 1 aliphatic rings. The Bertz CT molecular complexity index is 1200. The fourth-order valence-electron chi connectivity index (χ4n) is 3.19. The number of thiazole rings is 1. The van der Waals surface area contributed by atoms with Gasteiger partial charge in [-0.2, -0.15) is 4.99 Å². The Morgan fingerprint density at radius 2 is 1.94 bits per heavy atom. The molecule has 0 unspecified atom stereocenters. The molecule has 0 spiro atoms. The van der Waals surface area contributed by atoms with E-state index in [1.54, 1.807) is 31.3 Å². The molecule has 32 heavy (non-hydrogen) atoms. The Morgan fingerprint density at radius 1 is 1.12 bits per heavy atom. The first-order valence-corrected chi connectivity index (χ1v) is 11.5. The minimum atomic E-state index is -0.140. The zero-order chi connectivity index (χ0) is 22.5. The maximum Gasteiger partial charge on any atom is 0.267 e. The van der Waals surface area contributed by atoms with Crippen molar-refractivity contribution < 1.29 is 14.3 Å². The zero-order valence-electron chi connectivity index (χ0n) is 17.6. The quantitative estimate of drug-likeness (QED) is 0.336. The van der Waals surface area contributed by atoms with E-state index in [1.165, 1.54) is 23.1 Å². The number of methoxy groups -OCH3 is 2. The SMILES string of the molecule is C=CCN1C(=O)/C(=C/c2cccc(OC)c2OC)S/C1=N/c1nc(-c2ccccc2)cs1. The topological polar surface area (TPSA) is 64.0 Å². The van der Waals surface area contributed by atoms with Gasteiger partial charge in [-0.05, 0) is 23.9 Å². The molecule has 162 valence electrons. The Kier molecular flexibility index (Phi) is 6.72. The molecule has 6 nitrogen and oxygen atoms in total. The third-order valence-electron chi connectivity index (χ3n) is 4.67. The summed E-state index contributed by atoms with van der Waals surface area (Å²) in [5, 5.41) is 3.12. The summed E-state index contributed by atoms with van der Waals surface area (Å²) in [4.78, 5) is 24.5. The lowest BCUT2D eigenvalue weighted by Crippen LogP contribution is -2.29. The number of thioether (sulfide) groups is 1. The number of amides is 1. The van der Waals surface area contributed by atoms with Crippen LogP contribution >= 0.6 is 23.1 Å². The van der Waals surface area contributed by atoms with Gasteiger partial charge in [0.15, 0.2) is 16.7 Å². The molecule has 1 saturated heterocycles. The summed E-state index contributed by atoms with van der Waals surface area (Å²) in [7, 11) is 3.16. The molecule has 0 N–H and O–H groups in total. The number of carbonyl (C=O) groups is 1. The molecule has 0 aliphatic carbocycles. The van der Waals surface area contributed by atoms with E-state index in [0.717, 1.165) is 16.8 Å². The van der Waals surface area contributed by atoms with E-state index in [4.69, 9.17) is 9.47 Å². The molecular formula is C24H21N3O3S2. The Labute approximate surface area is 194 Å². The Hall–Kier alpha value is -3.36. The molecule has 0 radical (unpaired) electrons. The Morgan fingerprint density at radius 3 is 2.66 bits per heavy atom. The molecule has 1 amide bonds. The van der Waals surface area contributed by atoms with Gasteiger partial charge in [-0.3, -0.25) is 9.69 Å². The van der Waals surface area contributed by atoms with Crippen LogP contribution in [0, 0.1) is 0 Å². The van der Waals surface area contributed by atoms with Crippen LogP contribution in [0.25, 0.3) is 17.3 Å². The number of carbonyl (C=O) groups excluding carboxylic acids is 1. The molecule has 0 saturated carbocycles. The molecule has 3 aromatic rings. The zero-order valence-corrected chi connectivity index (χ0v) is 19.3. The van der Waals surface area contributed by atoms with E-state index >= 15 is 0 Å². The highest BCUT2D eigenvalue weighted by Crippen LogP contribution is 2.38.